The van der Waals surface area contributed by atoms with Crippen molar-refractivity contribution in [1.29, 1.82) is 0 Å². The Bertz CT molecular complexity index is 770. The molecule has 3 aromatic rings. The van der Waals surface area contributed by atoms with Gasteiger partial charge in [-0.25, -0.2) is 14.6 Å². The topological polar surface area (TPSA) is 69.9 Å². The summed E-state index contributed by atoms with van der Waals surface area (Å²) in [6.07, 6.45) is 3.57. The minimum Gasteiger partial charge on any atom is -0.465 e. The van der Waals surface area contributed by atoms with Crippen LogP contribution in [-0.2, 0) is 9.53 Å². The summed E-state index contributed by atoms with van der Waals surface area (Å²) >= 11 is 1.25. The maximum Gasteiger partial charge on any atom is 0.316 e. The van der Waals surface area contributed by atoms with E-state index in [0.717, 1.165) is 10.9 Å². The van der Waals surface area contributed by atoms with E-state index in [1.807, 2.05) is 30.5 Å². The lowest BCUT2D eigenvalue weighted by Crippen LogP contribution is -2.07. The van der Waals surface area contributed by atoms with Crippen LogP contribution >= 0.6 is 11.8 Å². The average molecular weight is 314 g/mol. The number of carbonyl (C=O) groups is 1. The van der Waals surface area contributed by atoms with Gasteiger partial charge < -0.3 is 4.74 Å². The predicted molar refractivity (Wildman–Crippen MR) is 84.0 cm³/mol. The Hall–Kier alpha value is -2.41. The van der Waals surface area contributed by atoms with Gasteiger partial charge in [-0.05, 0) is 13.0 Å². The summed E-state index contributed by atoms with van der Waals surface area (Å²) in [4.78, 5) is 19.9. The van der Waals surface area contributed by atoms with Gasteiger partial charge in [0.1, 0.15) is 0 Å². The van der Waals surface area contributed by atoms with Crippen molar-refractivity contribution < 1.29 is 9.53 Å². The number of ether oxygens (including phenoxy) is 1. The molecule has 0 saturated carbocycles. The Labute approximate surface area is 131 Å². The van der Waals surface area contributed by atoms with Crippen LogP contribution in [0, 0.1) is 0 Å². The molecule has 6 nitrogen and oxygen atoms in total. The monoisotopic (exact) mass is 314 g/mol. The molecule has 0 amide bonds. The second-order valence-corrected chi connectivity index (χ2v) is 5.37. The molecule has 0 bridgehead atoms. The van der Waals surface area contributed by atoms with E-state index in [9.17, 15) is 4.79 Å². The van der Waals surface area contributed by atoms with Gasteiger partial charge in [0.05, 0.1) is 17.9 Å². The van der Waals surface area contributed by atoms with Gasteiger partial charge >= 0.3 is 5.97 Å². The first kappa shape index (κ1) is 14.5. The number of carbonyl (C=O) groups excluding carboxylic acids is 1. The van der Waals surface area contributed by atoms with Crippen LogP contribution in [0.2, 0.25) is 0 Å². The number of esters is 1. The fourth-order valence-corrected chi connectivity index (χ4v) is 2.56. The quantitative estimate of drug-likeness (QED) is 0.409. The van der Waals surface area contributed by atoms with Crippen LogP contribution < -0.4 is 0 Å². The van der Waals surface area contributed by atoms with Crippen molar-refractivity contribution in [2.75, 3.05) is 12.4 Å². The Morgan fingerprint density at radius 3 is 3.00 bits per heavy atom. The number of fused-ring (bicyclic) bond motifs is 1. The van der Waals surface area contributed by atoms with Crippen LogP contribution in [-0.4, -0.2) is 38.1 Å². The van der Waals surface area contributed by atoms with Gasteiger partial charge in [0.15, 0.2) is 11.0 Å². The van der Waals surface area contributed by atoms with E-state index in [4.69, 9.17) is 4.74 Å². The maximum absolute atomic E-state index is 11.4. The molecule has 3 rings (SSSR count). The molecule has 7 heteroatoms. The molecule has 2 aromatic heterocycles. The molecule has 0 aliphatic rings. The molecule has 112 valence electrons. The predicted octanol–water partition coefficient (Wildman–Crippen LogP) is 2.47. The normalized spacial score (nSPS) is 10.8. The van der Waals surface area contributed by atoms with Gasteiger partial charge in [-0.1, -0.05) is 30.0 Å². The van der Waals surface area contributed by atoms with Gasteiger partial charge in [-0.15, -0.1) is 0 Å². The highest BCUT2D eigenvalue weighted by molar-refractivity contribution is 7.99. The summed E-state index contributed by atoms with van der Waals surface area (Å²) in [5.74, 6) is 0.585. The lowest BCUT2D eigenvalue weighted by Gasteiger charge is -2.03. The van der Waals surface area contributed by atoms with Crippen molar-refractivity contribution >= 4 is 28.6 Å². The number of benzene rings is 1. The standard InChI is InChI=1S/C15H14N4O2S/c1-2-21-14(20)10-22-15-16-8-7-13(17-15)19-9-11-5-3-4-6-12(11)18-19/h3-9H,2,10H2,1H3. The molecule has 2 heterocycles. The second-order valence-electron chi connectivity index (χ2n) is 4.42. The van der Waals surface area contributed by atoms with Crippen LogP contribution in [0.15, 0.2) is 47.9 Å². The molecule has 0 N–H and O–H groups in total. The minimum absolute atomic E-state index is 0.193. The Kier molecular flexibility index (Phi) is 4.34. The molecular formula is C15H14N4O2S. The first-order valence-corrected chi connectivity index (χ1v) is 7.81. The van der Waals surface area contributed by atoms with Gasteiger partial charge in [-0.2, -0.15) is 5.10 Å². The first-order chi connectivity index (χ1) is 10.8. The highest BCUT2D eigenvalue weighted by Gasteiger charge is 2.08. The number of nitrogens with zero attached hydrogens (tertiary/aromatic N) is 4. The summed E-state index contributed by atoms with van der Waals surface area (Å²) in [6.45, 7) is 2.15. The number of aromatic nitrogens is 4. The van der Waals surface area contributed by atoms with Crippen molar-refractivity contribution in [2.24, 2.45) is 0 Å². The Morgan fingerprint density at radius 1 is 1.32 bits per heavy atom. The van der Waals surface area contributed by atoms with Crippen LogP contribution in [0.4, 0.5) is 0 Å². The summed E-state index contributed by atoms with van der Waals surface area (Å²) in [6, 6.07) is 9.63. The van der Waals surface area contributed by atoms with Crippen LogP contribution in [0.25, 0.3) is 16.7 Å². The molecule has 0 atom stereocenters. The lowest BCUT2D eigenvalue weighted by atomic mass is 10.3. The SMILES string of the molecule is CCOC(=O)CSc1nccc(-n2cc3ccccc3n2)n1. The maximum atomic E-state index is 11.4. The zero-order valence-corrected chi connectivity index (χ0v) is 12.8. The average Bonchev–Trinajstić information content (AvgIpc) is 2.98. The van der Waals surface area contributed by atoms with E-state index in [2.05, 4.69) is 15.1 Å². The van der Waals surface area contributed by atoms with E-state index >= 15 is 0 Å². The molecule has 0 spiro atoms. The molecule has 0 saturated heterocycles. The number of hydrogen-bond acceptors (Lipinski definition) is 6. The fourth-order valence-electron chi connectivity index (χ4n) is 1.94. The van der Waals surface area contributed by atoms with Crippen LogP contribution in [0.5, 0.6) is 0 Å². The molecule has 0 unspecified atom stereocenters. The molecule has 1 aromatic carbocycles. The number of rotatable bonds is 5. The van der Waals surface area contributed by atoms with E-state index < -0.39 is 0 Å². The Balaban J connectivity index is 1.80. The van der Waals surface area contributed by atoms with E-state index in [0.29, 0.717) is 17.6 Å². The smallest absolute Gasteiger partial charge is 0.316 e. The van der Waals surface area contributed by atoms with Crippen molar-refractivity contribution in [3.8, 4) is 5.82 Å². The fraction of sp³-hybridized carbons (Fsp3) is 0.200. The molecule has 22 heavy (non-hydrogen) atoms. The van der Waals surface area contributed by atoms with Crippen LogP contribution in [0.3, 0.4) is 0 Å². The highest BCUT2D eigenvalue weighted by Crippen LogP contribution is 2.17. The number of hydrogen-bond donors (Lipinski definition) is 0. The second kappa shape index (κ2) is 6.57. The minimum atomic E-state index is -0.272. The van der Waals surface area contributed by atoms with E-state index in [1.165, 1.54) is 11.8 Å². The van der Waals surface area contributed by atoms with Crippen molar-refractivity contribution in [3.05, 3.63) is 42.7 Å². The van der Waals surface area contributed by atoms with Gasteiger partial charge in [0, 0.05) is 23.8 Å². The van der Waals surface area contributed by atoms with Crippen LogP contribution in [0.1, 0.15) is 6.92 Å². The zero-order valence-electron chi connectivity index (χ0n) is 12.0. The summed E-state index contributed by atoms with van der Waals surface area (Å²) in [5, 5.41) is 6.04. The largest absolute Gasteiger partial charge is 0.465 e. The third-order valence-electron chi connectivity index (χ3n) is 2.89. The summed E-state index contributed by atoms with van der Waals surface area (Å²) < 4.78 is 6.59. The zero-order chi connectivity index (χ0) is 15.4. The molecule has 0 aliphatic heterocycles. The van der Waals surface area contributed by atoms with Gasteiger partial charge in [0.25, 0.3) is 0 Å². The van der Waals surface area contributed by atoms with Crippen molar-refractivity contribution in [3.63, 3.8) is 0 Å². The number of thioether (sulfide) groups is 1. The summed E-state index contributed by atoms with van der Waals surface area (Å²) in [7, 11) is 0. The van der Waals surface area contributed by atoms with E-state index in [-0.39, 0.29) is 11.7 Å². The Morgan fingerprint density at radius 2 is 2.18 bits per heavy atom. The first-order valence-electron chi connectivity index (χ1n) is 6.82. The molecule has 0 aliphatic carbocycles. The van der Waals surface area contributed by atoms with E-state index in [1.54, 1.807) is 23.9 Å². The van der Waals surface area contributed by atoms with Gasteiger partial charge in [0.2, 0.25) is 0 Å². The molecule has 0 radical (unpaired) electrons. The third-order valence-corrected chi connectivity index (χ3v) is 3.73. The lowest BCUT2D eigenvalue weighted by molar-refractivity contribution is -0.139. The van der Waals surface area contributed by atoms with Crippen molar-refractivity contribution in [2.45, 2.75) is 12.1 Å². The van der Waals surface area contributed by atoms with Crippen molar-refractivity contribution in [1.82, 2.24) is 19.7 Å². The molecular weight excluding hydrogens is 300 g/mol. The summed E-state index contributed by atoms with van der Waals surface area (Å²) in [5.41, 5.74) is 0.904. The third kappa shape index (κ3) is 3.25. The highest BCUT2D eigenvalue weighted by atomic mass is 32.2. The molecule has 0 fully saturated rings. The van der Waals surface area contributed by atoms with Gasteiger partial charge in [-0.3, -0.25) is 4.79 Å².